The molecule has 1 aromatic heterocycles. The third-order valence-electron chi connectivity index (χ3n) is 3.46. The smallest absolute Gasteiger partial charge is 0.331 e. The first-order chi connectivity index (χ1) is 10.4. The first kappa shape index (κ1) is 16.0. The highest BCUT2D eigenvalue weighted by Gasteiger charge is 2.26. The Labute approximate surface area is 125 Å². The van der Waals surface area contributed by atoms with Crippen molar-refractivity contribution in [3.05, 3.63) is 33.1 Å². The van der Waals surface area contributed by atoms with Crippen LogP contribution in [0, 0.1) is 0 Å². The number of hydrogen-bond donors (Lipinski definition) is 1. The van der Waals surface area contributed by atoms with Gasteiger partial charge in [0.25, 0.3) is 5.56 Å². The fourth-order valence-corrected chi connectivity index (χ4v) is 2.25. The van der Waals surface area contributed by atoms with Crippen molar-refractivity contribution in [3.63, 3.8) is 0 Å². The molecule has 0 aliphatic carbocycles. The van der Waals surface area contributed by atoms with Gasteiger partial charge in [-0.2, -0.15) is 0 Å². The molecule has 1 aromatic rings. The van der Waals surface area contributed by atoms with Crippen LogP contribution >= 0.6 is 0 Å². The predicted octanol–water partition coefficient (Wildman–Crippen LogP) is -1.75. The normalized spacial score (nSPS) is 18.2. The van der Waals surface area contributed by atoms with Gasteiger partial charge in [0.1, 0.15) is 6.54 Å². The number of nitrogens with zero attached hydrogens (tertiary/aromatic N) is 3. The van der Waals surface area contributed by atoms with Crippen molar-refractivity contribution < 1.29 is 19.4 Å². The van der Waals surface area contributed by atoms with Gasteiger partial charge in [0.05, 0.1) is 19.1 Å². The summed E-state index contributed by atoms with van der Waals surface area (Å²) in [7, 11) is 1.34. The number of rotatable bonds is 4. The molecule has 1 fully saturated rings. The lowest BCUT2D eigenvalue weighted by molar-refractivity contribution is -0.148. The molecular weight excluding hydrogens is 294 g/mol. The zero-order valence-corrected chi connectivity index (χ0v) is 12.1. The molecule has 120 valence electrons. The lowest BCUT2D eigenvalue weighted by Gasteiger charge is -2.32. The molecule has 1 aliphatic heterocycles. The molecule has 22 heavy (non-hydrogen) atoms. The molecule has 1 aliphatic rings. The zero-order chi connectivity index (χ0) is 16.3. The number of carboxylic acid groups (broad SMARTS) is 1. The second-order valence-corrected chi connectivity index (χ2v) is 5.05. The summed E-state index contributed by atoms with van der Waals surface area (Å²) in [5.41, 5.74) is -1.02. The molecule has 9 nitrogen and oxygen atoms in total. The summed E-state index contributed by atoms with van der Waals surface area (Å²) in [6.45, 7) is 0.569. The van der Waals surface area contributed by atoms with Crippen LogP contribution in [0.15, 0.2) is 21.9 Å². The Morgan fingerprint density at radius 1 is 1.41 bits per heavy atom. The van der Waals surface area contributed by atoms with E-state index in [4.69, 9.17) is 9.84 Å². The second kappa shape index (κ2) is 6.56. The Kier molecular flexibility index (Phi) is 4.76. The second-order valence-electron chi connectivity index (χ2n) is 5.05. The molecule has 2 heterocycles. The van der Waals surface area contributed by atoms with Crippen LogP contribution in [0.5, 0.6) is 0 Å². The molecule has 9 heteroatoms. The van der Waals surface area contributed by atoms with Crippen LogP contribution in [0.4, 0.5) is 0 Å². The molecule has 1 saturated heterocycles. The molecule has 0 saturated carbocycles. The molecule has 1 atom stereocenters. The van der Waals surface area contributed by atoms with Gasteiger partial charge in [-0.1, -0.05) is 0 Å². The predicted molar refractivity (Wildman–Crippen MR) is 74.5 cm³/mol. The molecular formula is C13H17N3O6. The molecule has 0 spiro atoms. The number of ether oxygens (including phenoxy) is 1. The zero-order valence-electron chi connectivity index (χ0n) is 12.1. The Morgan fingerprint density at radius 2 is 2.14 bits per heavy atom. The van der Waals surface area contributed by atoms with Crippen molar-refractivity contribution in [2.24, 2.45) is 7.05 Å². The van der Waals surface area contributed by atoms with Crippen molar-refractivity contribution >= 4 is 11.9 Å². The van der Waals surface area contributed by atoms with E-state index < -0.39 is 23.3 Å². The largest absolute Gasteiger partial charge is 0.481 e. The number of carbonyl (C=O) groups excluding carboxylic acids is 1. The third-order valence-corrected chi connectivity index (χ3v) is 3.46. The fourth-order valence-electron chi connectivity index (χ4n) is 2.25. The SMILES string of the molecule is Cn1c(=O)ccn(CC(=O)N2CCOC(CC(=O)O)C2)c1=O. The molecule has 0 aromatic carbocycles. The molecule has 1 amide bonds. The maximum atomic E-state index is 12.2. The molecule has 1 N–H and O–H groups in total. The van der Waals surface area contributed by atoms with Gasteiger partial charge in [-0.05, 0) is 0 Å². The lowest BCUT2D eigenvalue weighted by Crippen LogP contribution is -2.48. The lowest BCUT2D eigenvalue weighted by atomic mass is 10.2. The minimum Gasteiger partial charge on any atom is -0.481 e. The van der Waals surface area contributed by atoms with Gasteiger partial charge in [0, 0.05) is 32.4 Å². The first-order valence-corrected chi connectivity index (χ1v) is 6.76. The number of carboxylic acids is 1. The van der Waals surface area contributed by atoms with Gasteiger partial charge < -0.3 is 14.7 Å². The van der Waals surface area contributed by atoms with Gasteiger partial charge in [-0.25, -0.2) is 4.79 Å². The van der Waals surface area contributed by atoms with Gasteiger partial charge in [0.15, 0.2) is 0 Å². The monoisotopic (exact) mass is 311 g/mol. The van der Waals surface area contributed by atoms with E-state index >= 15 is 0 Å². The maximum Gasteiger partial charge on any atom is 0.331 e. The molecule has 1 unspecified atom stereocenters. The van der Waals surface area contributed by atoms with E-state index in [1.54, 1.807) is 0 Å². The first-order valence-electron chi connectivity index (χ1n) is 6.76. The standard InChI is InChI=1S/C13H17N3O6/c1-14-10(17)2-3-16(13(14)21)8-11(18)15-4-5-22-9(7-15)6-12(19)20/h2-3,9H,4-8H2,1H3,(H,19,20). The number of morpholine rings is 1. The maximum absolute atomic E-state index is 12.2. The summed E-state index contributed by atoms with van der Waals surface area (Å²) in [5.74, 6) is -1.31. The van der Waals surface area contributed by atoms with Crippen LogP contribution in [-0.4, -0.2) is 56.8 Å². The van der Waals surface area contributed by atoms with E-state index in [1.165, 1.54) is 24.2 Å². The third kappa shape index (κ3) is 3.61. The summed E-state index contributed by atoms with van der Waals surface area (Å²) in [6, 6.07) is 1.21. The highest BCUT2D eigenvalue weighted by atomic mass is 16.5. The molecule has 0 bridgehead atoms. The van der Waals surface area contributed by atoms with E-state index in [-0.39, 0.29) is 32.0 Å². The number of amides is 1. The van der Waals surface area contributed by atoms with Crippen LogP contribution < -0.4 is 11.2 Å². The Morgan fingerprint density at radius 3 is 2.82 bits per heavy atom. The average molecular weight is 311 g/mol. The Balaban J connectivity index is 2.06. The highest BCUT2D eigenvalue weighted by Crippen LogP contribution is 2.09. The molecule has 2 rings (SSSR count). The number of carbonyl (C=O) groups is 2. The Bertz CT molecular complexity index is 692. The number of hydrogen-bond acceptors (Lipinski definition) is 5. The van der Waals surface area contributed by atoms with Crippen LogP contribution in [0.3, 0.4) is 0 Å². The van der Waals surface area contributed by atoms with E-state index in [0.717, 1.165) is 9.13 Å². The van der Waals surface area contributed by atoms with Crippen molar-refractivity contribution in [2.75, 3.05) is 19.7 Å². The topological polar surface area (TPSA) is 111 Å². The minimum absolute atomic E-state index is 0.172. The average Bonchev–Trinajstić information content (AvgIpc) is 2.47. The van der Waals surface area contributed by atoms with E-state index in [2.05, 4.69) is 0 Å². The summed E-state index contributed by atoms with van der Waals surface area (Å²) in [6.07, 6.45) is 0.549. The minimum atomic E-state index is -0.992. The van der Waals surface area contributed by atoms with Crippen molar-refractivity contribution in [2.45, 2.75) is 19.1 Å². The van der Waals surface area contributed by atoms with Crippen LogP contribution in [-0.2, 0) is 27.9 Å². The van der Waals surface area contributed by atoms with Crippen LogP contribution in [0.2, 0.25) is 0 Å². The van der Waals surface area contributed by atoms with Crippen LogP contribution in [0.1, 0.15) is 6.42 Å². The summed E-state index contributed by atoms with van der Waals surface area (Å²) in [4.78, 5) is 47.6. The summed E-state index contributed by atoms with van der Waals surface area (Å²) in [5, 5.41) is 8.76. The van der Waals surface area contributed by atoms with Gasteiger partial charge in [-0.3, -0.25) is 23.5 Å². The summed E-state index contributed by atoms with van der Waals surface area (Å²) >= 11 is 0. The van der Waals surface area contributed by atoms with Crippen molar-refractivity contribution in [1.82, 2.24) is 14.0 Å². The van der Waals surface area contributed by atoms with Gasteiger partial charge in [-0.15, -0.1) is 0 Å². The van der Waals surface area contributed by atoms with E-state index in [0.29, 0.717) is 6.54 Å². The number of aromatic nitrogens is 2. The Hall–Kier alpha value is -2.42. The van der Waals surface area contributed by atoms with Crippen molar-refractivity contribution in [1.29, 1.82) is 0 Å². The van der Waals surface area contributed by atoms with Gasteiger partial charge in [0.2, 0.25) is 5.91 Å². The van der Waals surface area contributed by atoms with Gasteiger partial charge >= 0.3 is 11.7 Å². The van der Waals surface area contributed by atoms with Crippen molar-refractivity contribution in [3.8, 4) is 0 Å². The van der Waals surface area contributed by atoms with E-state index in [1.807, 2.05) is 0 Å². The summed E-state index contributed by atoms with van der Waals surface area (Å²) < 4.78 is 7.35. The quantitative estimate of drug-likeness (QED) is 0.706. The number of aliphatic carboxylic acids is 1. The van der Waals surface area contributed by atoms with E-state index in [9.17, 15) is 19.2 Å². The molecule has 0 radical (unpaired) electrons. The fraction of sp³-hybridized carbons (Fsp3) is 0.538. The van der Waals surface area contributed by atoms with Crippen LogP contribution in [0.25, 0.3) is 0 Å². The highest BCUT2D eigenvalue weighted by molar-refractivity contribution is 5.76.